The largest absolute Gasteiger partial charge is 0.394 e. The highest BCUT2D eigenvalue weighted by Crippen LogP contribution is 2.40. The van der Waals surface area contributed by atoms with E-state index in [4.69, 9.17) is 80.5 Å². The van der Waals surface area contributed by atoms with Gasteiger partial charge >= 0.3 is 0 Å². The lowest BCUT2D eigenvalue weighted by Crippen LogP contribution is -2.71. The van der Waals surface area contributed by atoms with E-state index in [-0.39, 0.29) is 0 Å². The van der Waals surface area contributed by atoms with Crippen molar-refractivity contribution in [2.75, 3.05) is 59.5 Å². The second-order valence-corrected chi connectivity index (χ2v) is 29.7. The number of carbonyl (C=O) groups is 6. The van der Waals surface area contributed by atoms with Crippen molar-refractivity contribution in [1.82, 2.24) is 31.9 Å². The monoisotopic (exact) mass is 1720 g/mol. The van der Waals surface area contributed by atoms with Gasteiger partial charge in [-0.25, -0.2) is 0 Å². The van der Waals surface area contributed by atoms with Gasteiger partial charge in [-0.2, -0.15) is 0 Å². The number of ether oxygens (including phenoxy) is 17. The van der Waals surface area contributed by atoms with Crippen LogP contribution in [0.3, 0.4) is 0 Å². The van der Waals surface area contributed by atoms with Crippen LogP contribution in [0.4, 0.5) is 0 Å². The van der Waals surface area contributed by atoms with Crippen LogP contribution in [0.15, 0.2) is 0 Å². The van der Waals surface area contributed by atoms with Crippen molar-refractivity contribution in [3.8, 4) is 0 Å². The molecule has 52 nitrogen and oxygen atoms in total. The Bertz CT molecular complexity index is 3230. The zero-order valence-corrected chi connectivity index (χ0v) is 64.0. The zero-order chi connectivity index (χ0) is 87.1. The Balaban J connectivity index is 1.13. The molecule has 0 spiro atoms. The van der Waals surface area contributed by atoms with E-state index in [0.717, 1.165) is 41.5 Å². The van der Waals surface area contributed by atoms with Gasteiger partial charge in [0.15, 0.2) is 56.6 Å². The number of hydrogen-bond donors (Lipinski definition) is 29. The summed E-state index contributed by atoms with van der Waals surface area (Å²) in [5.74, 6) is -5.29. The van der Waals surface area contributed by atoms with Gasteiger partial charge in [-0.1, -0.05) is 0 Å². The Morgan fingerprint density at radius 3 is 0.847 bits per heavy atom. The molecule has 0 aromatic rings. The summed E-state index contributed by atoms with van der Waals surface area (Å²) in [4.78, 5) is 75.9. The molecule has 0 radical (unpaired) electrons. The molecule has 9 aliphatic rings. The second-order valence-electron chi connectivity index (χ2n) is 29.7. The van der Waals surface area contributed by atoms with Gasteiger partial charge in [-0.3, -0.25) is 28.8 Å². The second kappa shape index (κ2) is 42.7. The molecule has 6 amide bonds. The molecular weight excluding hydrogens is 1610 g/mol. The van der Waals surface area contributed by atoms with E-state index < -0.39 is 371 Å². The quantitative estimate of drug-likeness (QED) is 0.0306. The molecule has 0 aromatic carbocycles. The molecule has 9 fully saturated rings. The van der Waals surface area contributed by atoms with Gasteiger partial charge < -0.3 is 230 Å². The van der Waals surface area contributed by atoms with Gasteiger partial charge in [0.25, 0.3) is 0 Å². The van der Waals surface area contributed by atoms with E-state index in [1.165, 1.54) is 0 Å². The molecule has 9 rings (SSSR count). The highest BCUT2D eigenvalue weighted by molar-refractivity contribution is 5.75. The molecule has 9 heterocycles. The first kappa shape index (κ1) is 97.0. The summed E-state index contributed by atoms with van der Waals surface area (Å²) >= 11 is 0. The first-order valence-electron chi connectivity index (χ1n) is 37.6. The number of rotatable bonds is 31. The fourth-order valence-electron chi connectivity index (χ4n) is 15.2. The Morgan fingerprint density at radius 1 is 0.220 bits per heavy atom. The minimum Gasteiger partial charge on any atom is -0.394 e. The predicted octanol–water partition coefficient (Wildman–Crippen LogP) is -19.8. The predicted molar refractivity (Wildman–Crippen MR) is 367 cm³/mol. The van der Waals surface area contributed by atoms with Crippen LogP contribution >= 0.6 is 0 Å². The van der Waals surface area contributed by atoms with Crippen LogP contribution in [0.2, 0.25) is 0 Å². The van der Waals surface area contributed by atoms with E-state index >= 15 is 0 Å². The van der Waals surface area contributed by atoms with Crippen molar-refractivity contribution in [2.24, 2.45) is 0 Å². The third-order valence-electron chi connectivity index (χ3n) is 21.1. The fourth-order valence-corrected chi connectivity index (χ4v) is 15.2. The lowest BCUT2D eigenvalue weighted by Gasteiger charge is -2.51. The molecule has 118 heavy (non-hydrogen) atoms. The van der Waals surface area contributed by atoms with Gasteiger partial charge in [-0.05, 0) is 0 Å². The van der Waals surface area contributed by atoms with Crippen molar-refractivity contribution in [2.45, 2.75) is 318 Å². The Kier molecular flexibility index (Phi) is 35.1. The molecule has 45 atom stereocenters. The average Bonchev–Trinajstić information content (AvgIpc) is 0.759. The van der Waals surface area contributed by atoms with E-state index in [9.17, 15) is 146 Å². The molecule has 9 saturated heterocycles. The topological polar surface area (TPSA) is 797 Å². The molecule has 0 unspecified atom stereocenters. The average molecular weight is 1720 g/mol. The summed E-state index contributed by atoms with van der Waals surface area (Å²) in [5, 5.41) is 274. The number of aliphatic hydroxyl groups excluding tert-OH is 23. The van der Waals surface area contributed by atoms with Crippen molar-refractivity contribution in [3.63, 3.8) is 0 Å². The molecule has 9 aliphatic heterocycles. The van der Waals surface area contributed by atoms with Gasteiger partial charge in [0, 0.05) is 41.5 Å². The zero-order valence-electron chi connectivity index (χ0n) is 64.0. The molecular formula is C66H110N6O46. The fraction of sp³-hybridized carbons (Fsp3) is 0.909. The molecule has 29 N–H and O–H groups in total. The summed E-state index contributed by atoms with van der Waals surface area (Å²) in [6.07, 6.45) is -82.3. The summed E-state index contributed by atoms with van der Waals surface area (Å²) in [6, 6.07) is -10.8. The minimum atomic E-state index is -2.65. The summed E-state index contributed by atoms with van der Waals surface area (Å²) in [5.41, 5.74) is 0. The van der Waals surface area contributed by atoms with E-state index in [2.05, 4.69) is 31.9 Å². The Labute approximate surface area is 669 Å². The van der Waals surface area contributed by atoms with Gasteiger partial charge in [0.1, 0.15) is 219 Å². The van der Waals surface area contributed by atoms with Gasteiger partial charge in [-0.15, -0.1) is 0 Å². The van der Waals surface area contributed by atoms with Crippen LogP contribution in [-0.4, -0.2) is 488 Å². The summed E-state index contributed by atoms with van der Waals surface area (Å²) in [7, 11) is 0. The number of hydrogen-bond acceptors (Lipinski definition) is 46. The molecule has 0 aliphatic carbocycles. The highest BCUT2D eigenvalue weighted by Gasteiger charge is 2.61. The van der Waals surface area contributed by atoms with Crippen LogP contribution in [-0.2, 0) is 109 Å². The van der Waals surface area contributed by atoms with Crippen LogP contribution in [0, 0.1) is 0 Å². The lowest BCUT2D eigenvalue weighted by molar-refractivity contribution is -0.403. The van der Waals surface area contributed by atoms with Crippen molar-refractivity contribution < 1.29 is 227 Å². The van der Waals surface area contributed by atoms with Crippen molar-refractivity contribution in [3.05, 3.63) is 0 Å². The molecule has 0 saturated carbocycles. The Hall–Kier alpha value is -4.78. The highest BCUT2D eigenvalue weighted by atomic mass is 16.8. The maximum atomic E-state index is 13.1. The van der Waals surface area contributed by atoms with E-state index in [0.29, 0.717) is 0 Å². The number of carbonyl (C=O) groups excluding carboxylic acids is 6. The molecule has 0 aromatic heterocycles. The third-order valence-corrected chi connectivity index (χ3v) is 21.1. The van der Waals surface area contributed by atoms with Crippen molar-refractivity contribution >= 4 is 35.4 Å². The van der Waals surface area contributed by atoms with Crippen LogP contribution < -0.4 is 31.9 Å². The molecule has 52 heteroatoms. The van der Waals surface area contributed by atoms with Crippen molar-refractivity contribution in [1.29, 1.82) is 0 Å². The lowest BCUT2D eigenvalue weighted by atomic mass is 9.93. The van der Waals surface area contributed by atoms with Crippen LogP contribution in [0.1, 0.15) is 41.5 Å². The summed E-state index contributed by atoms with van der Waals surface area (Å²) in [6.45, 7) is -4.10. The number of aliphatic hydroxyl groups is 23. The Morgan fingerprint density at radius 2 is 0.466 bits per heavy atom. The standard InChI is InChI=1S/C66H110N6O46/c1-16(80)67-31-47(96)52(26(11-77)104-58(31)101)113-63-36(72-21(6)85)48(97)53(27(12-78)109-63)115-64-51(100)55(116-66-57(118-62-35(71-20(5)84)46(95)40(89)25(10-76)108-62)50(99)54(28(13-79)110-66)114-60-33(69-18(3)82)44(93)38(87)23(8-74)106-60)42(91)30(111-64)15-103-65-56(117-61-34(70-19(4)83)45(94)39(88)24(9-75)107-61)49(98)41(90)29(112-65)14-102-59-32(68-17(2)81)43(92)37(86)22(7-73)105-59/h22-66,73-79,86-101H,7-15H2,1-6H3,(H,67,80)(H,68,81)(H,69,82)(H,70,83)(H,71,84)(H,72,85)/t22-,23-,24-,25-,26-,27-,28-,29-,30-,31-,32-,33-,34-,35+,36-,37-,38-,39-,40-,41-,42-,43-,44-,45-,46-,47-,48-,49+,50+,51+,52-,53-,54-,55+,56+,57+,58-,59-,60+,61+,62+,63+,64+,65+,66-/m1/s1. The maximum Gasteiger partial charge on any atom is 0.217 e. The van der Waals surface area contributed by atoms with E-state index in [1.807, 2.05) is 0 Å². The SMILES string of the molecule is CC(=O)N[C@@H]1[C@H](O[C@@H]2[C@@H](O[C@@H]3[C@H](O)[C@H](O[C@H]4[C@H](O)[C@@H](NC(C)=O)[C@H](O[C@H]5[C@H](O)[C@@H](NC(C)=O)[C@H](O)O[C@@H]5CO)O[C@@H]4CO)O[C@H](CO[C@H]4O[C@H](CO[C@@H]5O[C@H](CO)[C@@H](O)[C@H](O)[C@H]5NC(C)=O)[C@@H](O)[C@H](O)[C@@H]4O[C@@H]4O[C@H](CO)[C@@H](O)[C@H](O)[C@H]4NC(C)=O)[C@H]3O)O[C@H](CO)[C@@H](O[C@@H]3O[C@H](CO)[C@@H](O)[C@H](O)[C@H]3NC(C)=O)[C@@H]2O)O[C@H](CO)[C@@H](O)[C@@H]1O. The molecule has 680 valence electrons. The van der Waals surface area contributed by atoms with Crippen LogP contribution in [0.5, 0.6) is 0 Å². The molecule has 0 bridgehead atoms. The third kappa shape index (κ3) is 22.1. The first-order chi connectivity index (χ1) is 55.8. The normalized spacial score (nSPS) is 46.9. The maximum absolute atomic E-state index is 13.1. The smallest absolute Gasteiger partial charge is 0.217 e. The first-order valence-corrected chi connectivity index (χ1v) is 37.6. The van der Waals surface area contributed by atoms with Gasteiger partial charge in [0.2, 0.25) is 35.4 Å². The minimum absolute atomic E-state index is 0.801. The van der Waals surface area contributed by atoms with Gasteiger partial charge in [0.05, 0.1) is 59.5 Å². The number of amides is 6. The number of nitrogens with one attached hydrogen (secondary N) is 6. The summed E-state index contributed by atoms with van der Waals surface area (Å²) < 4.78 is 103. The van der Waals surface area contributed by atoms with Crippen LogP contribution in [0.25, 0.3) is 0 Å². The van der Waals surface area contributed by atoms with E-state index in [1.54, 1.807) is 0 Å².